The molecule has 2 unspecified atom stereocenters. The second kappa shape index (κ2) is 8.05. The van der Waals surface area contributed by atoms with E-state index in [0.717, 1.165) is 5.56 Å². The van der Waals surface area contributed by atoms with Gasteiger partial charge in [-0.25, -0.2) is 9.79 Å². The summed E-state index contributed by atoms with van der Waals surface area (Å²) in [5.74, 6) is -0.601. The summed E-state index contributed by atoms with van der Waals surface area (Å²) >= 11 is 7.85. The molecule has 1 saturated heterocycles. The van der Waals surface area contributed by atoms with Crippen LogP contribution in [0, 0.1) is 0 Å². The average molecular weight is 427 g/mol. The highest BCUT2D eigenvalue weighted by Gasteiger charge is 2.46. The number of halogens is 1. The van der Waals surface area contributed by atoms with Gasteiger partial charge in [0, 0.05) is 5.02 Å². The number of hydrogen-bond donors (Lipinski definition) is 0. The molecule has 0 aromatic heterocycles. The molecule has 2 heterocycles. The van der Waals surface area contributed by atoms with Gasteiger partial charge in [0.1, 0.15) is 6.61 Å². The molecular formula is C22H19ClN2O3S. The summed E-state index contributed by atoms with van der Waals surface area (Å²) in [6.07, 6.45) is 0. The molecule has 0 bridgehead atoms. The van der Waals surface area contributed by atoms with Crippen molar-refractivity contribution in [3.8, 4) is 0 Å². The molecule has 5 nitrogen and oxygen atoms in total. The van der Waals surface area contributed by atoms with Crippen LogP contribution in [0.4, 0.5) is 0 Å². The topological polar surface area (TPSA) is 59.0 Å². The van der Waals surface area contributed by atoms with Crippen molar-refractivity contribution in [3.63, 3.8) is 0 Å². The van der Waals surface area contributed by atoms with Gasteiger partial charge in [-0.3, -0.25) is 9.69 Å². The van der Waals surface area contributed by atoms with E-state index in [9.17, 15) is 9.59 Å². The van der Waals surface area contributed by atoms with E-state index in [1.54, 1.807) is 17.9 Å². The number of carbonyl (C=O) groups is 2. The van der Waals surface area contributed by atoms with Gasteiger partial charge in [-0.05, 0) is 31.0 Å². The van der Waals surface area contributed by atoms with Crippen molar-refractivity contribution < 1.29 is 14.3 Å². The van der Waals surface area contributed by atoms with Crippen LogP contribution in [-0.2, 0) is 20.9 Å². The molecule has 4 rings (SSSR count). The van der Waals surface area contributed by atoms with Gasteiger partial charge in [0.05, 0.1) is 22.6 Å². The molecule has 0 aliphatic carbocycles. The number of thioether (sulfide) groups is 1. The largest absolute Gasteiger partial charge is 0.457 e. The van der Waals surface area contributed by atoms with Crippen molar-refractivity contribution in [2.24, 2.45) is 4.99 Å². The fourth-order valence-electron chi connectivity index (χ4n) is 3.46. The Morgan fingerprint density at radius 2 is 1.86 bits per heavy atom. The molecule has 2 aromatic rings. The fraction of sp³-hybridized carbons (Fsp3) is 0.227. The first-order valence-corrected chi connectivity index (χ1v) is 10.5. The van der Waals surface area contributed by atoms with E-state index in [1.807, 2.05) is 55.5 Å². The van der Waals surface area contributed by atoms with E-state index in [4.69, 9.17) is 16.3 Å². The third-order valence-corrected chi connectivity index (χ3v) is 6.29. The minimum absolute atomic E-state index is 0.0977. The summed E-state index contributed by atoms with van der Waals surface area (Å²) in [5, 5.41) is 0.799. The number of nitrogens with zero attached hydrogens (tertiary/aromatic N) is 2. The fourth-order valence-corrected chi connectivity index (χ4v) is 4.72. The molecule has 2 aliphatic heterocycles. The van der Waals surface area contributed by atoms with Gasteiger partial charge in [0.25, 0.3) is 0 Å². The lowest BCUT2D eigenvalue weighted by Crippen LogP contribution is -2.40. The first-order chi connectivity index (χ1) is 14.0. The van der Waals surface area contributed by atoms with Crippen molar-refractivity contribution in [3.05, 3.63) is 82.0 Å². The van der Waals surface area contributed by atoms with Gasteiger partial charge in [-0.1, -0.05) is 71.9 Å². The molecule has 0 saturated carbocycles. The van der Waals surface area contributed by atoms with E-state index in [2.05, 4.69) is 4.99 Å². The predicted octanol–water partition coefficient (Wildman–Crippen LogP) is 4.73. The van der Waals surface area contributed by atoms with Gasteiger partial charge < -0.3 is 4.74 Å². The average Bonchev–Trinajstić information content (AvgIpc) is 3.00. The molecule has 2 atom stereocenters. The maximum atomic E-state index is 13.1. The Labute approximate surface area is 178 Å². The molecule has 0 radical (unpaired) electrons. The second-order valence-corrected chi connectivity index (χ2v) is 8.56. The highest BCUT2D eigenvalue weighted by atomic mass is 35.5. The van der Waals surface area contributed by atoms with Crippen molar-refractivity contribution in [1.82, 2.24) is 4.90 Å². The van der Waals surface area contributed by atoms with Crippen LogP contribution >= 0.6 is 23.4 Å². The van der Waals surface area contributed by atoms with Crippen LogP contribution in [0.15, 0.2) is 70.9 Å². The van der Waals surface area contributed by atoms with E-state index in [-0.39, 0.29) is 17.8 Å². The van der Waals surface area contributed by atoms with Crippen molar-refractivity contribution in [2.45, 2.75) is 31.7 Å². The molecule has 1 fully saturated rings. The van der Waals surface area contributed by atoms with Gasteiger partial charge in [0.2, 0.25) is 5.91 Å². The number of carbonyl (C=O) groups excluding carboxylic acids is 2. The van der Waals surface area contributed by atoms with Gasteiger partial charge in [0.15, 0.2) is 5.17 Å². The van der Waals surface area contributed by atoms with E-state index < -0.39 is 12.0 Å². The van der Waals surface area contributed by atoms with Gasteiger partial charge in [-0.2, -0.15) is 0 Å². The number of rotatable bonds is 4. The minimum atomic E-state index is -0.663. The molecule has 7 heteroatoms. The van der Waals surface area contributed by atoms with Crippen LogP contribution in [0.1, 0.15) is 31.0 Å². The molecule has 1 amide bonds. The Bertz CT molecular complexity index is 1040. The quantitative estimate of drug-likeness (QED) is 0.663. The zero-order chi connectivity index (χ0) is 20.5. The van der Waals surface area contributed by atoms with Crippen LogP contribution in [-0.4, -0.2) is 27.2 Å². The molecule has 29 heavy (non-hydrogen) atoms. The summed E-state index contributed by atoms with van der Waals surface area (Å²) in [6.45, 7) is 3.74. The van der Waals surface area contributed by atoms with Crippen LogP contribution in [0.3, 0.4) is 0 Å². The Hall–Kier alpha value is -2.57. The number of allylic oxidation sites excluding steroid dienone is 1. The van der Waals surface area contributed by atoms with Crippen molar-refractivity contribution >= 4 is 40.4 Å². The highest BCUT2D eigenvalue weighted by Crippen LogP contribution is 2.44. The number of esters is 1. The third kappa shape index (κ3) is 3.70. The highest BCUT2D eigenvalue weighted by molar-refractivity contribution is 8.15. The number of amides is 1. The normalized spacial score (nSPS) is 21.1. The van der Waals surface area contributed by atoms with Gasteiger partial charge in [-0.15, -0.1) is 0 Å². The van der Waals surface area contributed by atoms with E-state index >= 15 is 0 Å². The molecule has 2 aliphatic rings. The number of benzene rings is 2. The summed E-state index contributed by atoms with van der Waals surface area (Å²) in [6, 6.07) is 16.0. The lowest BCUT2D eigenvalue weighted by atomic mass is 9.94. The maximum Gasteiger partial charge on any atom is 0.338 e. The molecule has 2 aromatic carbocycles. The Balaban J connectivity index is 1.73. The summed E-state index contributed by atoms with van der Waals surface area (Å²) in [7, 11) is 0. The predicted molar refractivity (Wildman–Crippen MR) is 114 cm³/mol. The zero-order valence-corrected chi connectivity index (χ0v) is 17.5. The summed E-state index contributed by atoms with van der Waals surface area (Å²) in [5.41, 5.74) is 2.43. The number of ether oxygens (including phenoxy) is 1. The lowest BCUT2D eigenvalue weighted by molar-refractivity contribution is -0.141. The summed E-state index contributed by atoms with van der Waals surface area (Å²) < 4.78 is 5.59. The van der Waals surface area contributed by atoms with Crippen molar-refractivity contribution in [1.29, 1.82) is 0 Å². The van der Waals surface area contributed by atoms with Crippen molar-refractivity contribution in [2.75, 3.05) is 0 Å². The molecule has 0 N–H and O–H groups in total. The summed E-state index contributed by atoms with van der Waals surface area (Å²) in [4.78, 5) is 32.1. The lowest BCUT2D eigenvalue weighted by Gasteiger charge is -2.33. The smallest absolute Gasteiger partial charge is 0.338 e. The van der Waals surface area contributed by atoms with Crippen LogP contribution in [0.25, 0.3) is 0 Å². The molecular weight excluding hydrogens is 408 g/mol. The monoisotopic (exact) mass is 426 g/mol. The standard InChI is InChI=1S/C22H19ClN2O3S/c1-13-18(21(27)28-12-15-8-4-3-5-9-15)19(16-10-6-7-11-17(16)23)25-20(26)14(2)29-22(25)24-13/h3-11,14,19H,12H2,1-2H3. The van der Waals surface area contributed by atoms with Gasteiger partial charge >= 0.3 is 5.97 Å². The first kappa shape index (κ1) is 19.7. The Kier molecular flexibility index (Phi) is 5.48. The Morgan fingerprint density at radius 3 is 2.59 bits per heavy atom. The number of fused-ring (bicyclic) bond motifs is 1. The molecule has 148 valence electrons. The third-order valence-electron chi connectivity index (χ3n) is 4.89. The Morgan fingerprint density at radius 1 is 1.17 bits per heavy atom. The van der Waals surface area contributed by atoms with E-state index in [0.29, 0.717) is 27.0 Å². The first-order valence-electron chi connectivity index (χ1n) is 9.22. The second-order valence-electron chi connectivity index (χ2n) is 6.85. The van der Waals surface area contributed by atoms with Crippen LogP contribution in [0.5, 0.6) is 0 Å². The molecule has 0 spiro atoms. The van der Waals surface area contributed by atoms with Crippen LogP contribution < -0.4 is 0 Å². The minimum Gasteiger partial charge on any atom is -0.457 e. The number of aliphatic imine (C=N–C) groups is 1. The maximum absolute atomic E-state index is 13.1. The number of hydrogen-bond acceptors (Lipinski definition) is 5. The number of amidine groups is 1. The van der Waals surface area contributed by atoms with E-state index in [1.165, 1.54) is 11.8 Å². The SMILES string of the molecule is CC1=C(C(=O)OCc2ccccc2)C(c2ccccc2Cl)N2C(=O)C(C)SC2=N1. The zero-order valence-electron chi connectivity index (χ0n) is 16.0. The van der Waals surface area contributed by atoms with Crippen LogP contribution in [0.2, 0.25) is 5.02 Å².